The lowest BCUT2D eigenvalue weighted by Crippen LogP contribution is -2.37. The average Bonchev–Trinajstić information content (AvgIpc) is 2.74. The molecule has 172 valence electrons. The van der Waals surface area contributed by atoms with Crippen LogP contribution >= 0.6 is 24.0 Å². The van der Waals surface area contributed by atoms with Crippen LogP contribution in [0, 0.1) is 0 Å². The van der Waals surface area contributed by atoms with E-state index in [1.807, 2.05) is 24.3 Å². The highest BCUT2D eigenvalue weighted by Crippen LogP contribution is 2.15. The Balaban J connectivity index is 0.00000480. The Morgan fingerprint density at radius 1 is 0.935 bits per heavy atom. The number of guanidine groups is 1. The van der Waals surface area contributed by atoms with Crippen molar-refractivity contribution in [3.05, 3.63) is 70.8 Å². The van der Waals surface area contributed by atoms with Gasteiger partial charge in [0.25, 0.3) is 0 Å². The number of benzene rings is 2. The number of nitrogens with zero attached hydrogens (tertiary/aromatic N) is 1. The first kappa shape index (κ1) is 27.4. The molecule has 6 nitrogen and oxygen atoms in total. The minimum atomic E-state index is -3.25. The van der Waals surface area contributed by atoms with Crippen LogP contribution in [0.3, 0.4) is 0 Å². The summed E-state index contributed by atoms with van der Waals surface area (Å²) in [5, 5.41) is 6.63. The minimum absolute atomic E-state index is 0. The minimum Gasteiger partial charge on any atom is -0.356 e. The summed E-state index contributed by atoms with van der Waals surface area (Å²) in [4.78, 5) is 4.26. The quantitative estimate of drug-likeness (QED) is 0.180. The number of hydrogen-bond donors (Lipinski definition) is 3. The maximum absolute atomic E-state index is 11.6. The van der Waals surface area contributed by atoms with Crippen molar-refractivity contribution in [2.24, 2.45) is 4.99 Å². The molecule has 0 heterocycles. The summed E-state index contributed by atoms with van der Waals surface area (Å²) in [6, 6.07) is 16.4. The van der Waals surface area contributed by atoms with Gasteiger partial charge in [0.1, 0.15) is 0 Å². The topological polar surface area (TPSA) is 82.6 Å². The molecule has 0 bridgehead atoms. The maximum atomic E-state index is 11.6. The number of aliphatic imine (C=N–C) groups is 1. The van der Waals surface area contributed by atoms with Gasteiger partial charge >= 0.3 is 0 Å². The van der Waals surface area contributed by atoms with E-state index >= 15 is 0 Å². The molecule has 2 aromatic rings. The number of rotatable bonds is 10. The van der Waals surface area contributed by atoms with Crippen LogP contribution in [0.2, 0.25) is 0 Å². The van der Waals surface area contributed by atoms with Crippen LogP contribution in [0.5, 0.6) is 0 Å². The maximum Gasteiger partial charge on any atom is 0.215 e. The van der Waals surface area contributed by atoms with Gasteiger partial charge in [-0.1, -0.05) is 62.4 Å². The molecular formula is C23H35IN4O2S. The van der Waals surface area contributed by atoms with Crippen molar-refractivity contribution >= 4 is 40.0 Å². The van der Waals surface area contributed by atoms with Crippen LogP contribution in [-0.4, -0.2) is 35.0 Å². The van der Waals surface area contributed by atoms with Crippen molar-refractivity contribution in [2.75, 3.05) is 20.6 Å². The van der Waals surface area contributed by atoms with Crippen LogP contribution < -0.4 is 15.4 Å². The largest absolute Gasteiger partial charge is 0.356 e. The molecule has 0 spiro atoms. The van der Waals surface area contributed by atoms with Crippen molar-refractivity contribution in [3.8, 4) is 0 Å². The predicted octanol–water partition coefficient (Wildman–Crippen LogP) is 3.78. The first-order valence-electron chi connectivity index (χ1n) is 10.4. The van der Waals surface area contributed by atoms with Crippen molar-refractivity contribution < 1.29 is 8.42 Å². The molecule has 0 fully saturated rings. The van der Waals surface area contributed by atoms with Gasteiger partial charge in [0.05, 0.1) is 5.75 Å². The average molecular weight is 559 g/mol. The SMILES string of the molecule is CN=C(NCCCc1ccc(C(C)C)cc1)NCc1ccc(CS(=O)(=O)NC)cc1.I. The Labute approximate surface area is 204 Å². The lowest BCUT2D eigenvalue weighted by atomic mass is 10.0. The second-order valence-electron chi connectivity index (χ2n) is 7.63. The first-order chi connectivity index (χ1) is 14.3. The van der Waals surface area contributed by atoms with Crippen molar-refractivity contribution in [3.63, 3.8) is 0 Å². The molecule has 0 radical (unpaired) electrons. The lowest BCUT2D eigenvalue weighted by molar-refractivity contribution is 0.587. The van der Waals surface area contributed by atoms with E-state index in [9.17, 15) is 8.42 Å². The van der Waals surface area contributed by atoms with E-state index in [0.29, 0.717) is 12.5 Å². The number of hydrogen-bond acceptors (Lipinski definition) is 3. The molecule has 0 saturated heterocycles. The van der Waals surface area contributed by atoms with E-state index in [2.05, 4.69) is 58.5 Å². The molecule has 0 amide bonds. The van der Waals surface area contributed by atoms with Crippen LogP contribution in [0.25, 0.3) is 0 Å². The molecule has 31 heavy (non-hydrogen) atoms. The number of aryl methyl sites for hydroxylation is 1. The van der Waals surface area contributed by atoms with Gasteiger partial charge in [-0.3, -0.25) is 4.99 Å². The standard InChI is InChI=1S/C23H34N4O2S.HI/c1-18(2)22-13-11-19(12-14-22)6-5-15-26-23(24-3)27-16-20-7-9-21(10-8-20)17-30(28,29)25-4;/h7-14,18,25H,5-6,15-17H2,1-4H3,(H2,24,26,27);1H. The highest BCUT2D eigenvalue weighted by atomic mass is 127. The molecule has 0 saturated carbocycles. The molecule has 0 unspecified atom stereocenters. The normalized spacial score (nSPS) is 11.8. The zero-order valence-corrected chi connectivity index (χ0v) is 22.0. The van der Waals surface area contributed by atoms with Gasteiger partial charge in [-0.05, 0) is 48.1 Å². The van der Waals surface area contributed by atoms with Crippen LogP contribution in [-0.2, 0) is 28.7 Å². The smallest absolute Gasteiger partial charge is 0.215 e. The second-order valence-corrected chi connectivity index (χ2v) is 9.56. The third-order valence-corrected chi connectivity index (χ3v) is 6.29. The second kappa shape index (κ2) is 13.7. The Kier molecular flexibility index (Phi) is 12.1. The molecular weight excluding hydrogens is 523 g/mol. The lowest BCUT2D eigenvalue weighted by Gasteiger charge is -2.12. The molecule has 2 aromatic carbocycles. The van der Waals surface area contributed by atoms with Crippen molar-refractivity contribution in [2.45, 2.75) is 44.9 Å². The highest BCUT2D eigenvalue weighted by Gasteiger charge is 2.08. The fourth-order valence-electron chi connectivity index (χ4n) is 3.02. The number of nitrogens with one attached hydrogen (secondary N) is 3. The van der Waals surface area contributed by atoms with Crippen molar-refractivity contribution in [1.29, 1.82) is 0 Å². The fraction of sp³-hybridized carbons (Fsp3) is 0.435. The van der Waals surface area contributed by atoms with Crippen LogP contribution in [0.4, 0.5) is 0 Å². The van der Waals surface area contributed by atoms with Gasteiger partial charge in [-0.15, -0.1) is 24.0 Å². The van der Waals surface area contributed by atoms with Crippen LogP contribution in [0.15, 0.2) is 53.5 Å². The Hall–Kier alpha value is -1.65. The molecule has 0 aliphatic heterocycles. The van der Waals surface area contributed by atoms with E-state index < -0.39 is 10.0 Å². The predicted molar refractivity (Wildman–Crippen MR) is 141 cm³/mol. The molecule has 8 heteroatoms. The van der Waals surface area contributed by atoms with Gasteiger partial charge in [0.15, 0.2) is 5.96 Å². The summed E-state index contributed by atoms with van der Waals surface area (Å²) in [7, 11) is -0.0680. The fourth-order valence-corrected chi connectivity index (χ4v) is 3.80. The number of halogens is 1. The Morgan fingerprint density at radius 3 is 2.06 bits per heavy atom. The van der Waals surface area contributed by atoms with Crippen molar-refractivity contribution in [1.82, 2.24) is 15.4 Å². The first-order valence-corrected chi connectivity index (χ1v) is 12.0. The van der Waals surface area contributed by atoms with E-state index in [1.54, 1.807) is 7.05 Å². The van der Waals surface area contributed by atoms with Gasteiger partial charge in [0, 0.05) is 20.1 Å². The van der Waals surface area contributed by atoms with Gasteiger partial charge < -0.3 is 10.6 Å². The summed E-state index contributed by atoms with van der Waals surface area (Å²) in [5.41, 5.74) is 4.55. The third kappa shape index (κ3) is 10.0. The molecule has 0 atom stereocenters. The third-order valence-electron chi connectivity index (χ3n) is 4.96. The van der Waals surface area contributed by atoms with E-state index in [-0.39, 0.29) is 29.7 Å². The summed E-state index contributed by atoms with van der Waals surface area (Å²) in [5.74, 6) is 1.31. The molecule has 0 aliphatic carbocycles. The summed E-state index contributed by atoms with van der Waals surface area (Å²) >= 11 is 0. The van der Waals surface area contributed by atoms with Crippen LogP contribution in [0.1, 0.15) is 48.4 Å². The zero-order valence-electron chi connectivity index (χ0n) is 18.8. The zero-order chi connectivity index (χ0) is 22.0. The monoisotopic (exact) mass is 558 g/mol. The van der Waals surface area contributed by atoms with Gasteiger partial charge in [-0.2, -0.15) is 0 Å². The summed E-state index contributed by atoms with van der Waals surface area (Å²) in [6.45, 7) is 5.88. The molecule has 0 aromatic heterocycles. The van der Waals surface area contributed by atoms with Gasteiger partial charge in [-0.25, -0.2) is 13.1 Å². The Bertz CT molecular complexity index is 912. The summed E-state index contributed by atoms with van der Waals surface area (Å²) in [6.07, 6.45) is 2.05. The molecule has 3 N–H and O–H groups in total. The van der Waals surface area contributed by atoms with E-state index in [0.717, 1.165) is 36.5 Å². The number of sulfonamides is 1. The Morgan fingerprint density at radius 2 is 1.52 bits per heavy atom. The van der Waals surface area contributed by atoms with E-state index in [1.165, 1.54) is 18.2 Å². The molecule has 0 aliphatic rings. The molecule has 2 rings (SSSR count). The van der Waals surface area contributed by atoms with Gasteiger partial charge in [0.2, 0.25) is 10.0 Å². The summed E-state index contributed by atoms with van der Waals surface area (Å²) < 4.78 is 25.6. The highest BCUT2D eigenvalue weighted by molar-refractivity contribution is 14.0. The van der Waals surface area contributed by atoms with E-state index in [4.69, 9.17) is 0 Å².